The van der Waals surface area contributed by atoms with Gasteiger partial charge in [-0.3, -0.25) is 4.72 Å². The van der Waals surface area contributed by atoms with Crippen molar-refractivity contribution in [3.8, 4) is 11.3 Å². The van der Waals surface area contributed by atoms with Gasteiger partial charge in [0.25, 0.3) is 10.0 Å². The fraction of sp³-hybridized carbons (Fsp3) is 0.167. The fourth-order valence-corrected chi connectivity index (χ4v) is 4.14. The van der Waals surface area contributed by atoms with Crippen molar-refractivity contribution >= 4 is 15.7 Å². The third kappa shape index (κ3) is 3.02. The molecule has 1 aliphatic rings. The number of fused-ring (bicyclic) bond motifs is 1. The lowest BCUT2D eigenvalue weighted by atomic mass is 10.1. The van der Waals surface area contributed by atoms with E-state index in [1.165, 1.54) is 18.2 Å². The maximum Gasteiger partial charge on any atom is 0.261 e. The summed E-state index contributed by atoms with van der Waals surface area (Å²) in [7, 11) is -3.82. The number of benzene rings is 2. The Bertz CT molecular complexity index is 1030. The number of nitrogens with zero attached hydrogens (tertiary/aromatic N) is 2. The van der Waals surface area contributed by atoms with E-state index < -0.39 is 15.8 Å². The van der Waals surface area contributed by atoms with E-state index in [4.69, 9.17) is 0 Å². The monoisotopic (exact) mass is 357 g/mol. The number of hydrogen-bond acceptors (Lipinski definition) is 3. The average Bonchev–Trinajstić information content (AvgIpc) is 3.19. The number of hydrogen-bond donors (Lipinski definition) is 1. The van der Waals surface area contributed by atoms with Crippen molar-refractivity contribution in [1.29, 1.82) is 0 Å². The minimum absolute atomic E-state index is 0.106. The van der Waals surface area contributed by atoms with Crippen LogP contribution in [0, 0.1) is 5.82 Å². The topological polar surface area (TPSA) is 64.0 Å². The van der Waals surface area contributed by atoms with Crippen molar-refractivity contribution in [2.75, 3.05) is 4.72 Å². The van der Waals surface area contributed by atoms with Crippen LogP contribution in [-0.4, -0.2) is 18.0 Å². The number of sulfonamides is 1. The highest BCUT2D eigenvalue weighted by atomic mass is 32.2. The first-order valence-electron chi connectivity index (χ1n) is 7.96. The Morgan fingerprint density at radius 3 is 2.68 bits per heavy atom. The van der Waals surface area contributed by atoms with Gasteiger partial charge in [-0.1, -0.05) is 18.2 Å². The van der Waals surface area contributed by atoms with Crippen LogP contribution in [0.5, 0.6) is 0 Å². The lowest BCUT2D eigenvalue weighted by Gasteiger charge is -2.10. The Labute approximate surface area is 145 Å². The van der Waals surface area contributed by atoms with Gasteiger partial charge in [-0.05, 0) is 42.3 Å². The van der Waals surface area contributed by atoms with E-state index in [2.05, 4.69) is 14.3 Å². The largest absolute Gasteiger partial charge is 0.328 e. The van der Waals surface area contributed by atoms with Crippen LogP contribution in [0.2, 0.25) is 0 Å². The van der Waals surface area contributed by atoms with Gasteiger partial charge in [0.1, 0.15) is 11.6 Å². The highest BCUT2D eigenvalue weighted by molar-refractivity contribution is 7.92. The second-order valence-corrected chi connectivity index (χ2v) is 7.64. The van der Waals surface area contributed by atoms with Crippen molar-refractivity contribution in [3.05, 3.63) is 66.4 Å². The Morgan fingerprint density at radius 1 is 1.12 bits per heavy atom. The highest BCUT2D eigenvalue weighted by Crippen LogP contribution is 2.27. The summed E-state index contributed by atoms with van der Waals surface area (Å²) >= 11 is 0. The van der Waals surface area contributed by atoms with E-state index in [1.807, 2.05) is 18.3 Å². The van der Waals surface area contributed by atoms with E-state index in [9.17, 15) is 12.8 Å². The van der Waals surface area contributed by atoms with Crippen molar-refractivity contribution < 1.29 is 12.8 Å². The van der Waals surface area contributed by atoms with Crippen LogP contribution in [0.4, 0.5) is 10.1 Å². The summed E-state index contributed by atoms with van der Waals surface area (Å²) in [6.45, 7) is 0.957. The normalized spacial score (nSPS) is 13.6. The minimum Gasteiger partial charge on any atom is -0.328 e. The van der Waals surface area contributed by atoms with Crippen molar-refractivity contribution in [2.45, 2.75) is 24.3 Å². The molecule has 7 heteroatoms. The van der Waals surface area contributed by atoms with E-state index in [1.54, 1.807) is 12.1 Å². The zero-order valence-electron chi connectivity index (χ0n) is 13.3. The predicted octanol–water partition coefficient (Wildman–Crippen LogP) is 3.44. The second-order valence-electron chi connectivity index (χ2n) is 5.96. The molecule has 0 atom stereocenters. The zero-order valence-corrected chi connectivity index (χ0v) is 14.1. The lowest BCUT2D eigenvalue weighted by molar-refractivity contribution is 0.595. The number of anilines is 1. The van der Waals surface area contributed by atoms with Gasteiger partial charge >= 0.3 is 0 Å². The molecule has 0 saturated heterocycles. The van der Waals surface area contributed by atoms with Gasteiger partial charge < -0.3 is 4.57 Å². The van der Waals surface area contributed by atoms with Crippen LogP contribution < -0.4 is 4.72 Å². The molecule has 1 aliphatic heterocycles. The lowest BCUT2D eigenvalue weighted by Crippen LogP contribution is -2.13. The molecule has 0 saturated carbocycles. The van der Waals surface area contributed by atoms with Crippen LogP contribution in [0.25, 0.3) is 11.3 Å². The number of halogens is 1. The second kappa shape index (κ2) is 6.00. The van der Waals surface area contributed by atoms with E-state index >= 15 is 0 Å². The number of aromatic nitrogens is 2. The summed E-state index contributed by atoms with van der Waals surface area (Å²) in [6, 6.07) is 12.0. The van der Waals surface area contributed by atoms with Crippen LogP contribution >= 0.6 is 0 Å². The van der Waals surface area contributed by atoms with Gasteiger partial charge in [0.15, 0.2) is 0 Å². The van der Waals surface area contributed by atoms with E-state index in [-0.39, 0.29) is 4.90 Å². The summed E-state index contributed by atoms with van der Waals surface area (Å²) in [5.74, 6) is 0.499. The van der Waals surface area contributed by atoms with Crippen LogP contribution in [0.3, 0.4) is 0 Å². The zero-order chi connectivity index (χ0) is 17.4. The quantitative estimate of drug-likeness (QED) is 0.778. The molecule has 5 nitrogen and oxygen atoms in total. The van der Waals surface area contributed by atoms with Crippen molar-refractivity contribution in [1.82, 2.24) is 9.55 Å². The molecule has 4 rings (SSSR count). The summed E-state index contributed by atoms with van der Waals surface area (Å²) < 4.78 is 42.6. The third-order valence-corrected chi connectivity index (χ3v) is 5.64. The van der Waals surface area contributed by atoms with Gasteiger partial charge in [0, 0.05) is 18.7 Å². The third-order valence-electron chi connectivity index (χ3n) is 4.26. The first-order chi connectivity index (χ1) is 12.0. The summed E-state index contributed by atoms with van der Waals surface area (Å²) in [4.78, 5) is 4.31. The molecular weight excluding hydrogens is 341 g/mol. The standard InChI is InChI=1S/C18H16FN3O2S/c19-14-3-1-4-16(11-14)25(23,24)21-15-8-6-13(7-9-15)17-12-20-18-5-2-10-22(17)18/h1,3-4,6-9,11-12,21H,2,5,10H2. The van der Waals surface area contributed by atoms with Crippen LogP contribution in [0.1, 0.15) is 12.2 Å². The van der Waals surface area contributed by atoms with Gasteiger partial charge in [-0.25, -0.2) is 17.8 Å². The molecule has 0 aliphatic carbocycles. The first kappa shape index (κ1) is 15.8. The molecule has 1 N–H and O–H groups in total. The van der Waals surface area contributed by atoms with Gasteiger partial charge in [-0.15, -0.1) is 0 Å². The molecular formula is C18H16FN3O2S. The van der Waals surface area contributed by atoms with Crippen LogP contribution in [-0.2, 0) is 23.0 Å². The minimum atomic E-state index is -3.82. The predicted molar refractivity (Wildman–Crippen MR) is 93.2 cm³/mol. The molecule has 128 valence electrons. The van der Waals surface area contributed by atoms with E-state index in [0.717, 1.165) is 42.5 Å². The Balaban J connectivity index is 1.58. The summed E-state index contributed by atoms with van der Waals surface area (Å²) in [5, 5.41) is 0. The maximum absolute atomic E-state index is 13.3. The number of nitrogens with one attached hydrogen (secondary N) is 1. The summed E-state index contributed by atoms with van der Waals surface area (Å²) in [6.07, 6.45) is 3.94. The molecule has 0 radical (unpaired) electrons. The molecule has 3 aromatic rings. The number of rotatable bonds is 4. The molecule has 25 heavy (non-hydrogen) atoms. The Kier molecular flexibility index (Phi) is 3.80. The van der Waals surface area contributed by atoms with Crippen LogP contribution in [0.15, 0.2) is 59.6 Å². The summed E-state index contributed by atoms with van der Waals surface area (Å²) in [5.41, 5.74) is 2.44. The molecule has 0 fully saturated rings. The molecule has 2 aromatic carbocycles. The maximum atomic E-state index is 13.3. The fourth-order valence-electron chi connectivity index (χ4n) is 3.05. The van der Waals surface area contributed by atoms with Gasteiger partial charge in [0.05, 0.1) is 16.8 Å². The highest BCUT2D eigenvalue weighted by Gasteiger charge is 2.17. The number of imidazole rings is 1. The molecule has 0 amide bonds. The van der Waals surface area contributed by atoms with E-state index in [0.29, 0.717) is 5.69 Å². The number of aryl methyl sites for hydroxylation is 1. The molecule has 2 heterocycles. The Morgan fingerprint density at radius 2 is 1.92 bits per heavy atom. The smallest absolute Gasteiger partial charge is 0.261 e. The molecule has 1 aromatic heterocycles. The van der Waals surface area contributed by atoms with Crippen molar-refractivity contribution in [2.24, 2.45) is 0 Å². The van der Waals surface area contributed by atoms with Gasteiger partial charge in [-0.2, -0.15) is 0 Å². The molecule has 0 unspecified atom stereocenters. The van der Waals surface area contributed by atoms with Gasteiger partial charge in [0.2, 0.25) is 0 Å². The molecule has 0 spiro atoms. The van der Waals surface area contributed by atoms with Crippen molar-refractivity contribution in [3.63, 3.8) is 0 Å². The molecule has 0 bridgehead atoms. The Hall–Kier alpha value is -2.67. The average molecular weight is 357 g/mol. The first-order valence-corrected chi connectivity index (χ1v) is 9.44. The SMILES string of the molecule is O=S(=O)(Nc1ccc(-c2cnc3n2CCC3)cc1)c1cccc(F)c1.